The Bertz CT molecular complexity index is 336. The molecule has 1 heterocycles. The number of hydrogen-bond acceptors (Lipinski definition) is 4. The molecule has 1 N–H and O–H groups in total. The molecule has 1 aliphatic rings. The van der Waals surface area contributed by atoms with Crippen molar-refractivity contribution < 1.29 is 24.2 Å². The zero-order valence-corrected chi connectivity index (χ0v) is 12.0. The Morgan fingerprint density at radius 1 is 1.42 bits per heavy atom. The molecular formula is C13H23NO5. The second kappa shape index (κ2) is 6.23. The number of amides is 1. The lowest BCUT2D eigenvalue weighted by molar-refractivity contribution is -0.140. The number of carboxylic acid groups (broad SMARTS) is 1. The first-order chi connectivity index (χ1) is 8.74. The smallest absolute Gasteiger partial charge is 0.410 e. The van der Waals surface area contributed by atoms with Crippen molar-refractivity contribution >= 4 is 12.1 Å². The van der Waals surface area contributed by atoms with Crippen molar-refractivity contribution in [2.75, 3.05) is 13.7 Å². The highest BCUT2D eigenvalue weighted by molar-refractivity contribution is 5.70. The topological polar surface area (TPSA) is 76.1 Å². The van der Waals surface area contributed by atoms with Gasteiger partial charge in [-0.05, 0) is 33.6 Å². The molecule has 0 unspecified atom stereocenters. The van der Waals surface area contributed by atoms with Gasteiger partial charge in [-0.2, -0.15) is 0 Å². The van der Waals surface area contributed by atoms with Gasteiger partial charge in [0.05, 0.1) is 18.6 Å². The molecule has 19 heavy (non-hydrogen) atoms. The van der Waals surface area contributed by atoms with Crippen LogP contribution in [-0.2, 0) is 14.3 Å². The molecular weight excluding hydrogens is 250 g/mol. The number of carbonyl (C=O) groups excluding carboxylic acids is 1. The van der Waals surface area contributed by atoms with E-state index in [-0.39, 0.29) is 12.5 Å². The summed E-state index contributed by atoms with van der Waals surface area (Å²) in [6, 6.07) is -0.226. The summed E-state index contributed by atoms with van der Waals surface area (Å²) in [5.41, 5.74) is -0.556. The first-order valence-corrected chi connectivity index (χ1v) is 6.49. The third-order valence-electron chi connectivity index (χ3n) is 3.03. The van der Waals surface area contributed by atoms with Gasteiger partial charge in [0.15, 0.2) is 0 Å². The Labute approximate surface area is 113 Å². The Balaban J connectivity index is 2.72. The molecule has 1 fully saturated rings. The fourth-order valence-corrected chi connectivity index (χ4v) is 2.27. The highest BCUT2D eigenvalue weighted by atomic mass is 16.6. The quantitative estimate of drug-likeness (QED) is 0.846. The molecule has 0 spiro atoms. The zero-order valence-electron chi connectivity index (χ0n) is 12.0. The highest BCUT2D eigenvalue weighted by Gasteiger charge is 2.37. The molecule has 6 heteroatoms. The lowest BCUT2D eigenvalue weighted by Crippen LogP contribution is -2.46. The molecule has 1 aliphatic heterocycles. The van der Waals surface area contributed by atoms with Crippen molar-refractivity contribution in [3.63, 3.8) is 0 Å². The van der Waals surface area contributed by atoms with Crippen LogP contribution >= 0.6 is 0 Å². The van der Waals surface area contributed by atoms with E-state index in [1.807, 2.05) is 0 Å². The summed E-state index contributed by atoms with van der Waals surface area (Å²) in [5.74, 6) is -0.928. The van der Waals surface area contributed by atoms with Crippen LogP contribution in [0.2, 0.25) is 0 Å². The predicted molar refractivity (Wildman–Crippen MR) is 69.0 cm³/mol. The first kappa shape index (κ1) is 15.8. The van der Waals surface area contributed by atoms with Crippen LogP contribution in [0.1, 0.15) is 40.0 Å². The largest absolute Gasteiger partial charge is 0.481 e. The summed E-state index contributed by atoms with van der Waals surface area (Å²) in [4.78, 5) is 24.5. The van der Waals surface area contributed by atoms with Gasteiger partial charge in [-0.15, -0.1) is 0 Å². The van der Waals surface area contributed by atoms with E-state index in [2.05, 4.69) is 0 Å². The van der Waals surface area contributed by atoms with Crippen LogP contribution in [0.15, 0.2) is 0 Å². The molecule has 2 atom stereocenters. The monoisotopic (exact) mass is 273 g/mol. The number of hydrogen-bond donors (Lipinski definition) is 1. The summed E-state index contributed by atoms with van der Waals surface area (Å²) in [5, 5.41) is 8.87. The third-order valence-corrected chi connectivity index (χ3v) is 3.03. The van der Waals surface area contributed by atoms with Crippen molar-refractivity contribution in [1.82, 2.24) is 4.90 Å². The average molecular weight is 273 g/mol. The molecule has 0 aromatic rings. The summed E-state index contributed by atoms with van der Waals surface area (Å²) < 4.78 is 10.6. The molecule has 6 nitrogen and oxygen atoms in total. The van der Waals surface area contributed by atoms with Crippen LogP contribution in [0.5, 0.6) is 0 Å². The highest BCUT2D eigenvalue weighted by Crippen LogP contribution is 2.25. The fourth-order valence-electron chi connectivity index (χ4n) is 2.27. The van der Waals surface area contributed by atoms with E-state index in [9.17, 15) is 9.59 Å². The number of aliphatic carboxylic acids is 1. The van der Waals surface area contributed by atoms with Crippen LogP contribution in [0, 0.1) is 0 Å². The number of methoxy groups -OCH3 is 1. The second-order valence-corrected chi connectivity index (χ2v) is 5.76. The number of ether oxygens (including phenoxy) is 2. The van der Waals surface area contributed by atoms with Crippen molar-refractivity contribution in [3.05, 3.63) is 0 Å². The molecule has 1 amide bonds. The van der Waals surface area contributed by atoms with E-state index in [0.29, 0.717) is 6.54 Å². The average Bonchev–Trinajstić information content (AvgIpc) is 2.71. The van der Waals surface area contributed by atoms with Gasteiger partial charge < -0.3 is 19.5 Å². The molecule has 0 saturated carbocycles. The lowest BCUT2D eigenvalue weighted by atomic mass is 10.1. The predicted octanol–water partition coefficient (Wildman–Crippen LogP) is 1.88. The summed E-state index contributed by atoms with van der Waals surface area (Å²) in [6.07, 6.45) is 0.574. The molecule has 1 rings (SSSR count). The third kappa shape index (κ3) is 4.70. The van der Waals surface area contributed by atoms with Gasteiger partial charge in [-0.25, -0.2) is 4.79 Å². The van der Waals surface area contributed by atoms with Crippen molar-refractivity contribution in [1.29, 1.82) is 0 Å². The lowest BCUT2D eigenvalue weighted by Gasteiger charge is -2.32. The van der Waals surface area contributed by atoms with Gasteiger partial charge in [0.1, 0.15) is 5.60 Å². The number of rotatable bonds is 4. The Kier molecular flexibility index (Phi) is 5.17. The van der Waals surface area contributed by atoms with Gasteiger partial charge in [0.25, 0.3) is 0 Å². The van der Waals surface area contributed by atoms with E-state index in [4.69, 9.17) is 14.6 Å². The Morgan fingerprint density at radius 2 is 2.05 bits per heavy atom. The van der Waals surface area contributed by atoms with E-state index in [0.717, 1.165) is 12.8 Å². The van der Waals surface area contributed by atoms with Crippen molar-refractivity contribution in [3.8, 4) is 0 Å². The summed E-state index contributed by atoms with van der Waals surface area (Å²) in [7, 11) is 1.47. The van der Waals surface area contributed by atoms with Crippen molar-refractivity contribution in [2.45, 2.75) is 57.8 Å². The minimum atomic E-state index is -0.928. The minimum absolute atomic E-state index is 0.111. The van der Waals surface area contributed by atoms with Gasteiger partial charge in [0, 0.05) is 13.7 Å². The zero-order chi connectivity index (χ0) is 14.6. The molecule has 110 valence electrons. The number of likely N-dealkylation sites (tertiary alicyclic amines) is 1. The van der Waals surface area contributed by atoms with Crippen LogP contribution in [0.4, 0.5) is 4.79 Å². The molecule has 0 bridgehead atoms. The summed E-state index contributed by atoms with van der Waals surface area (Å²) in [6.45, 7) is 6.00. The van der Waals surface area contributed by atoms with Crippen molar-refractivity contribution in [2.24, 2.45) is 0 Å². The maximum absolute atomic E-state index is 12.1. The van der Waals surface area contributed by atoms with E-state index in [1.165, 1.54) is 7.11 Å². The van der Waals surface area contributed by atoms with Crippen LogP contribution in [-0.4, -0.2) is 53.5 Å². The SMILES string of the molecule is CO[C@H](CC(=O)O)[C@@H]1CCCN1C(=O)OC(C)(C)C. The van der Waals surface area contributed by atoms with Gasteiger partial charge >= 0.3 is 12.1 Å². The normalized spacial score (nSPS) is 21.3. The number of carboxylic acids is 1. The van der Waals surface area contributed by atoms with Crippen LogP contribution in [0.25, 0.3) is 0 Å². The van der Waals surface area contributed by atoms with E-state index >= 15 is 0 Å². The minimum Gasteiger partial charge on any atom is -0.481 e. The maximum Gasteiger partial charge on any atom is 0.410 e. The van der Waals surface area contributed by atoms with Crippen LogP contribution < -0.4 is 0 Å². The number of nitrogens with zero attached hydrogens (tertiary/aromatic N) is 1. The van der Waals surface area contributed by atoms with Gasteiger partial charge in [0.2, 0.25) is 0 Å². The van der Waals surface area contributed by atoms with Crippen LogP contribution in [0.3, 0.4) is 0 Å². The first-order valence-electron chi connectivity index (χ1n) is 6.49. The Hall–Kier alpha value is -1.30. The standard InChI is InChI=1S/C13H23NO5/c1-13(2,3)19-12(17)14-7-5-6-9(14)10(18-4)8-11(15)16/h9-10H,5-8H2,1-4H3,(H,15,16)/t9-,10+/m0/s1. The van der Waals surface area contributed by atoms with Gasteiger partial charge in [-0.1, -0.05) is 0 Å². The molecule has 0 aromatic heterocycles. The number of carbonyl (C=O) groups is 2. The molecule has 0 radical (unpaired) electrons. The fraction of sp³-hybridized carbons (Fsp3) is 0.846. The molecule has 1 saturated heterocycles. The Morgan fingerprint density at radius 3 is 2.53 bits per heavy atom. The van der Waals surface area contributed by atoms with Gasteiger partial charge in [-0.3, -0.25) is 4.79 Å². The van der Waals surface area contributed by atoms with E-state index in [1.54, 1.807) is 25.7 Å². The molecule has 0 aromatic carbocycles. The molecule has 0 aliphatic carbocycles. The van der Waals surface area contributed by atoms with E-state index < -0.39 is 23.8 Å². The maximum atomic E-state index is 12.1. The summed E-state index contributed by atoms with van der Waals surface area (Å²) >= 11 is 0. The second-order valence-electron chi connectivity index (χ2n) is 5.76.